The van der Waals surface area contributed by atoms with Crippen molar-refractivity contribution in [1.29, 1.82) is 0 Å². The van der Waals surface area contributed by atoms with Crippen LogP contribution in [-0.4, -0.2) is 25.5 Å². The molecule has 0 aromatic heterocycles. The van der Waals surface area contributed by atoms with Crippen LogP contribution in [0.15, 0.2) is 30.3 Å². The van der Waals surface area contributed by atoms with E-state index in [4.69, 9.17) is 32.7 Å². The second kappa shape index (κ2) is 10.4. The van der Waals surface area contributed by atoms with E-state index in [2.05, 4.69) is 24.5 Å². The quantitative estimate of drug-likeness (QED) is 0.558. The molecule has 156 valence electrons. The molecule has 0 aliphatic rings. The molecule has 0 atom stereocenters. The minimum atomic E-state index is -0.409. The fourth-order valence-corrected chi connectivity index (χ4v) is 2.97. The summed E-state index contributed by atoms with van der Waals surface area (Å²) in [4.78, 5) is 23.8. The standard InChI is InChI=1S/C21H24Cl2N2O4/c1-12(2)7-8-29-20-17(23)9-14(10-19(20)28-4)21(27)25-18-6-5-15(11-16(18)22)24-13(3)26/h5-6,9-12H,7-8H2,1-4H3,(H,24,26)(H,25,27). The van der Waals surface area contributed by atoms with E-state index in [0.717, 1.165) is 6.42 Å². The number of carbonyl (C=O) groups excluding carboxylic acids is 2. The van der Waals surface area contributed by atoms with E-state index in [0.29, 0.717) is 41.0 Å². The summed E-state index contributed by atoms with van der Waals surface area (Å²) in [6.45, 7) is 6.10. The Labute approximate surface area is 180 Å². The zero-order valence-electron chi connectivity index (χ0n) is 16.8. The Morgan fingerprint density at radius 2 is 1.79 bits per heavy atom. The molecule has 2 aromatic rings. The van der Waals surface area contributed by atoms with Gasteiger partial charge in [0.2, 0.25) is 5.91 Å². The number of anilines is 2. The fourth-order valence-electron chi connectivity index (χ4n) is 2.48. The Morgan fingerprint density at radius 3 is 2.38 bits per heavy atom. The van der Waals surface area contributed by atoms with Crippen molar-refractivity contribution in [3.63, 3.8) is 0 Å². The van der Waals surface area contributed by atoms with Crippen LogP contribution in [0.25, 0.3) is 0 Å². The van der Waals surface area contributed by atoms with Gasteiger partial charge < -0.3 is 20.1 Å². The van der Waals surface area contributed by atoms with Crippen molar-refractivity contribution < 1.29 is 19.1 Å². The lowest BCUT2D eigenvalue weighted by Gasteiger charge is -2.15. The number of ether oxygens (including phenoxy) is 2. The minimum absolute atomic E-state index is 0.213. The molecule has 0 bridgehead atoms. The maximum atomic E-state index is 12.7. The molecule has 2 aromatic carbocycles. The first kappa shape index (κ1) is 22.8. The molecule has 6 nitrogen and oxygen atoms in total. The molecule has 0 unspecified atom stereocenters. The molecule has 2 rings (SSSR count). The topological polar surface area (TPSA) is 76.7 Å². The number of rotatable bonds is 8. The highest BCUT2D eigenvalue weighted by molar-refractivity contribution is 6.34. The van der Waals surface area contributed by atoms with Crippen LogP contribution in [0.2, 0.25) is 10.0 Å². The van der Waals surface area contributed by atoms with Gasteiger partial charge in [0, 0.05) is 18.2 Å². The van der Waals surface area contributed by atoms with Crippen molar-refractivity contribution in [2.45, 2.75) is 27.2 Å². The molecule has 0 heterocycles. The minimum Gasteiger partial charge on any atom is -0.493 e. The predicted octanol–water partition coefficient (Wildman–Crippen LogP) is 5.64. The van der Waals surface area contributed by atoms with Crippen LogP contribution in [0.3, 0.4) is 0 Å². The maximum Gasteiger partial charge on any atom is 0.255 e. The number of benzene rings is 2. The van der Waals surface area contributed by atoms with Gasteiger partial charge in [-0.25, -0.2) is 0 Å². The molecule has 29 heavy (non-hydrogen) atoms. The average molecular weight is 439 g/mol. The van der Waals surface area contributed by atoms with Crippen LogP contribution < -0.4 is 20.1 Å². The van der Waals surface area contributed by atoms with Gasteiger partial charge >= 0.3 is 0 Å². The van der Waals surface area contributed by atoms with Crippen molar-refractivity contribution in [3.8, 4) is 11.5 Å². The molecule has 0 fully saturated rings. The second-order valence-corrected chi connectivity index (χ2v) is 7.66. The smallest absolute Gasteiger partial charge is 0.255 e. The van der Waals surface area contributed by atoms with Gasteiger partial charge in [-0.1, -0.05) is 37.0 Å². The molecule has 2 amide bonds. The third-order valence-electron chi connectivity index (χ3n) is 3.97. The van der Waals surface area contributed by atoms with Crippen molar-refractivity contribution in [3.05, 3.63) is 45.9 Å². The molecule has 0 saturated carbocycles. The third kappa shape index (κ3) is 6.54. The average Bonchev–Trinajstić information content (AvgIpc) is 2.64. The number of hydrogen-bond acceptors (Lipinski definition) is 4. The van der Waals surface area contributed by atoms with Crippen molar-refractivity contribution >= 4 is 46.4 Å². The Balaban J connectivity index is 2.18. The summed E-state index contributed by atoms with van der Waals surface area (Å²) < 4.78 is 11.1. The first-order chi connectivity index (χ1) is 13.7. The maximum absolute atomic E-state index is 12.7. The summed E-state index contributed by atoms with van der Waals surface area (Å²) >= 11 is 12.5. The lowest BCUT2D eigenvalue weighted by Crippen LogP contribution is -2.13. The molecule has 8 heteroatoms. The monoisotopic (exact) mass is 438 g/mol. The number of carbonyl (C=O) groups is 2. The number of nitrogens with one attached hydrogen (secondary N) is 2. The molecule has 0 aliphatic carbocycles. The van der Waals surface area contributed by atoms with Gasteiger partial charge in [-0.3, -0.25) is 9.59 Å². The SMILES string of the molecule is COc1cc(C(=O)Nc2ccc(NC(C)=O)cc2Cl)cc(Cl)c1OCCC(C)C. The number of amides is 2. The van der Waals surface area contributed by atoms with E-state index in [9.17, 15) is 9.59 Å². The highest BCUT2D eigenvalue weighted by atomic mass is 35.5. The van der Waals surface area contributed by atoms with Gasteiger partial charge in [-0.2, -0.15) is 0 Å². The van der Waals surface area contributed by atoms with Crippen molar-refractivity contribution in [2.75, 3.05) is 24.4 Å². The van der Waals surface area contributed by atoms with Crippen LogP contribution in [0, 0.1) is 5.92 Å². The Morgan fingerprint density at radius 1 is 1.07 bits per heavy atom. The summed E-state index contributed by atoms with van der Waals surface area (Å²) in [7, 11) is 1.49. The first-order valence-electron chi connectivity index (χ1n) is 9.10. The summed E-state index contributed by atoms with van der Waals surface area (Å²) in [6.07, 6.45) is 0.870. The summed E-state index contributed by atoms with van der Waals surface area (Å²) in [5.74, 6) is 0.651. The Hall–Kier alpha value is -2.44. The molecule has 0 saturated heterocycles. The lowest BCUT2D eigenvalue weighted by atomic mass is 10.1. The summed E-state index contributed by atoms with van der Waals surface area (Å²) in [5, 5.41) is 5.92. The number of hydrogen-bond donors (Lipinski definition) is 2. The second-order valence-electron chi connectivity index (χ2n) is 6.85. The van der Waals surface area contributed by atoms with Crippen LogP contribution in [0.5, 0.6) is 11.5 Å². The van der Waals surface area contributed by atoms with Gasteiger partial charge in [-0.05, 0) is 42.7 Å². The Kier molecular flexibility index (Phi) is 8.17. The zero-order chi connectivity index (χ0) is 21.6. The van der Waals surface area contributed by atoms with Gasteiger partial charge in [0.1, 0.15) is 0 Å². The molecular weight excluding hydrogens is 415 g/mol. The number of halogens is 2. The van der Waals surface area contributed by atoms with E-state index < -0.39 is 5.91 Å². The summed E-state index contributed by atoms with van der Waals surface area (Å²) in [6, 6.07) is 7.88. The zero-order valence-corrected chi connectivity index (χ0v) is 18.3. The van der Waals surface area contributed by atoms with E-state index in [1.54, 1.807) is 24.3 Å². The van der Waals surface area contributed by atoms with Gasteiger partial charge in [0.05, 0.1) is 29.4 Å². The van der Waals surface area contributed by atoms with Crippen LogP contribution in [0.4, 0.5) is 11.4 Å². The van der Waals surface area contributed by atoms with Crippen LogP contribution >= 0.6 is 23.2 Å². The fraction of sp³-hybridized carbons (Fsp3) is 0.333. The van der Waals surface area contributed by atoms with E-state index in [1.165, 1.54) is 20.1 Å². The van der Waals surface area contributed by atoms with E-state index >= 15 is 0 Å². The van der Waals surface area contributed by atoms with E-state index in [1.807, 2.05) is 0 Å². The third-order valence-corrected chi connectivity index (χ3v) is 4.56. The van der Waals surface area contributed by atoms with Crippen molar-refractivity contribution in [2.24, 2.45) is 5.92 Å². The van der Waals surface area contributed by atoms with Gasteiger partial charge in [-0.15, -0.1) is 0 Å². The normalized spacial score (nSPS) is 10.6. The van der Waals surface area contributed by atoms with Gasteiger partial charge in [0.25, 0.3) is 5.91 Å². The molecule has 0 radical (unpaired) electrons. The molecule has 0 spiro atoms. The molecular formula is C21H24Cl2N2O4. The lowest BCUT2D eigenvalue weighted by molar-refractivity contribution is -0.114. The molecule has 2 N–H and O–H groups in total. The first-order valence-corrected chi connectivity index (χ1v) is 9.85. The largest absolute Gasteiger partial charge is 0.493 e. The Bertz CT molecular complexity index is 900. The molecule has 0 aliphatic heterocycles. The van der Waals surface area contributed by atoms with Gasteiger partial charge in [0.15, 0.2) is 11.5 Å². The van der Waals surface area contributed by atoms with Crippen molar-refractivity contribution in [1.82, 2.24) is 0 Å². The van der Waals surface area contributed by atoms with Crippen LogP contribution in [-0.2, 0) is 4.79 Å². The number of methoxy groups -OCH3 is 1. The highest BCUT2D eigenvalue weighted by Crippen LogP contribution is 2.37. The van der Waals surface area contributed by atoms with Crippen LogP contribution in [0.1, 0.15) is 37.6 Å². The summed E-state index contributed by atoms with van der Waals surface area (Å²) in [5.41, 5.74) is 1.23. The predicted molar refractivity (Wildman–Crippen MR) is 117 cm³/mol. The highest BCUT2D eigenvalue weighted by Gasteiger charge is 2.17. The van der Waals surface area contributed by atoms with E-state index in [-0.39, 0.29) is 16.0 Å².